The van der Waals surface area contributed by atoms with E-state index in [1.54, 1.807) is 27.7 Å². The van der Waals surface area contributed by atoms with Gasteiger partial charge in [-0.2, -0.15) is 0 Å². The van der Waals surface area contributed by atoms with E-state index >= 15 is 0 Å². The quantitative estimate of drug-likeness (QED) is 0.673. The molecule has 0 rings (SSSR count). The Morgan fingerprint density at radius 3 is 2.22 bits per heavy atom. The van der Waals surface area contributed by atoms with Gasteiger partial charge in [0.15, 0.2) is 6.10 Å². The highest BCUT2D eigenvalue weighted by Crippen LogP contribution is 2.11. The molecule has 0 aromatic rings. The maximum atomic E-state index is 11.4. The van der Waals surface area contributed by atoms with Gasteiger partial charge >= 0.3 is 11.9 Å². The molecule has 6 nitrogen and oxygen atoms in total. The van der Waals surface area contributed by atoms with Crippen LogP contribution in [0.4, 0.5) is 0 Å². The zero-order chi connectivity index (χ0) is 14.3. The lowest BCUT2D eigenvalue weighted by molar-refractivity contribution is -0.160. The van der Waals surface area contributed by atoms with E-state index in [1.165, 1.54) is 0 Å². The van der Waals surface area contributed by atoms with Crippen LogP contribution in [0.3, 0.4) is 0 Å². The fraction of sp³-hybridized carbons (Fsp3) is 0.833. The third-order valence-corrected chi connectivity index (χ3v) is 1.88. The van der Waals surface area contributed by atoms with Gasteiger partial charge in [-0.3, -0.25) is 4.79 Å². The van der Waals surface area contributed by atoms with Crippen LogP contribution in [0, 0.1) is 0 Å². The van der Waals surface area contributed by atoms with Crippen molar-refractivity contribution in [2.75, 3.05) is 6.61 Å². The lowest BCUT2D eigenvalue weighted by atomic mass is 10.1. The molecule has 0 aliphatic heterocycles. The minimum Gasteiger partial charge on any atom is -0.464 e. The van der Waals surface area contributed by atoms with Gasteiger partial charge in [0.25, 0.3) is 0 Å². The number of hydrogen-bond donors (Lipinski definition) is 2. The second kappa shape index (κ2) is 7.33. The average molecular weight is 262 g/mol. The van der Waals surface area contributed by atoms with Crippen molar-refractivity contribution < 1.29 is 29.3 Å². The molecule has 0 aliphatic rings. The largest absolute Gasteiger partial charge is 0.464 e. The van der Waals surface area contributed by atoms with Crippen LogP contribution in [0.25, 0.3) is 0 Å². The number of hydrogen-bond acceptors (Lipinski definition) is 6. The monoisotopic (exact) mass is 262 g/mol. The standard InChI is InChI=1S/C12H22O6/c1-5-17-11(16)9(14)6-8(13)7-10(15)18-12(2,3)4/h8-9,13-14H,5-7H2,1-4H3. The van der Waals surface area contributed by atoms with Crippen molar-refractivity contribution in [1.82, 2.24) is 0 Å². The Kier molecular flexibility index (Phi) is 6.86. The summed E-state index contributed by atoms with van der Waals surface area (Å²) in [5.41, 5.74) is -0.628. The van der Waals surface area contributed by atoms with Crippen LogP contribution in [0.5, 0.6) is 0 Å². The zero-order valence-corrected chi connectivity index (χ0v) is 11.3. The Labute approximate surface area is 107 Å². The maximum Gasteiger partial charge on any atom is 0.335 e. The van der Waals surface area contributed by atoms with Crippen molar-refractivity contribution in [3.63, 3.8) is 0 Å². The Bertz CT molecular complexity index is 281. The molecule has 0 saturated heterocycles. The lowest BCUT2D eigenvalue weighted by Crippen LogP contribution is -2.31. The number of rotatable bonds is 6. The minimum atomic E-state index is -1.43. The normalized spacial score (nSPS) is 14.8. The van der Waals surface area contributed by atoms with Crippen molar-refractivity contribution in [3.05, 3.63) is 0 Å². The summed E-state index contributed by atoms with van der Waals surface area (Å²) in [5.74, 6) is -1.38. The van der Waals surface area contributed by atoms with Gasteiger partial charge in [0.2, 0.25) is 0 Å². The van der Waals surface area contributed by atoms with E-state index in [-0.39, 0.29) is 19.4 Å². The second-order valence-corrected chi connectivity index (χ2v) is 4.95. The first-order valence-electron chi connectivity index (χ1n) is 5.90. The molecule has 0 saturated carbocycles. The summed E-state index contributed by atoms with van der Waals surface area (Å²) in [5, 5.41) is 18.9. The molecule has 0 spiro atoms. The van der Waals surface area contributed by atoms with E-state index < -0.39 is 29.7 Å². The predicted molar refractivity (Wildman–Crippen MR) is 63.7 cm³/mol. The summed E-state index contributed by atoms with van der Waals surface area (Å²) in [6, 6.07) is 0. The number of ether oxygens (including phenoxy) is 2. The fourth-order valence-corrected chi connectivity index (χ4v) is 1.25. The summed E-state index contributed by atoms with van der Waals surface area (Å²) >= 11 is 0. The molecule has 0 radical (unpaired) electrons. The second-order valence-electron chi connectivity index (χ2n) is 4.95. The molecule has 0 aliphatic carbocycles. The van der Waals surface area contributed by atoms with E-state index in [9.17, 15) is 19.8 Å². The third kappa shape index (κ3) is 8.03. The zero-order valence-electron chi connectivity index (χ0n) is 11.3. The molecule has 0 bridgehead atoms. The van der Waals surface area contributed by atoms with Gasteiger partial charge in [0, 0.05) is 6.42 Å². The van der Waals surface area contributed by atoms with Gasteiger partial charge in [0.1, 0.15) is 5.60 Å². The number of aliphatic hydroxyl groups is 2. The number of aliphatic hydroxyl groups excluding tert-OH is 2. The number of carbonyl (C=O) groups excluding carboxylic acids is 2. The predicted octanol–water partition coefficient (Wildman–Crippen LogP) is 0.393. The van der Waals surface area contributed by atoms with Gasteiger partial charge in [0.05, 0.1) is 19.1 Å². The number of carbonyl (C=O) groups is 2. The van der Waals surface area contributed by atoms with Crippen molar-refractivity contribution in [3.8, 4) is 0 Å². The van der Waals surface area contributed by atoms with Crippen LogP contribution in [0.1, 0.15) is 40.5 Å². The summed E-state index contributed by atoms with van der Waals surface area (Å²) < 4.78 is 9.58. The first kappa shape index (κ1) is 16.9. The van der Waals surface area contributed by atoms with Crippen LogP contribution >= 0.6 is 0 Å². The highest BCUT2D eigenvalue weighted by molar-refractivity contribution is 5.74. The van der Waals surface area contributed by atoms with Crippen LogP contribution in [0.2, 0.25) is 0 Å². The molecule has 0 amide bonds. The summed E-state index contributed by atoms with van der Waals surface area (Å²) in [6.07, 6.45) is -3.09. The molecule has 0 aromatic heterocycles. The summed E-state index contributed by atoms with van der Waals surface area (Å²) in [4.78, 5) is 22.5. The van der Waals surface area contributed by atoms with Gasteiger partial charge in [-0.15, -0.1) is 0 Å². The summed E-state index contributed by atoms with van der Waals surface area (Å²) in [7, 11) is 0. The van der Waals surface area contributed by atoms with Crippen molar-refractivity contribution in [2.45, 2.75) is 58.3 Å². The molecule has 106 valence electrons. The van der Waals surface area contributed by atoms with E-state index in [2.05, 4.69) is 4.74 Å². The fourth-order valence-electron chi connectivity index (χ4n) is 1.25. The van der Waals surface area contributed by atoms with Crippen LogP contribution in [-0.4, -0.2) is 46.6 Å². The van der Waals surface area contributed by atoms with Crippen LogP contribution in [0.15, 0.2) is 0 Å². The lowest BCUT2D eigenvalue weighted by Gasteiger charge is -2.21. The molecule has 2 N–H and O–H groups in total. The molecule has 0 fully saturated rings. The first-order valence-corrected chi connectivity index (χ1v) is 5.90. The summed E-state index contributed by atoms with van der Waals surface area (Å²) in [6.45, 7) is 6.90. The third-order valence-electron chi connectivity index (χ3n) is 1.88. The van der Waals surface area contributed by atoms with E-state index in [0.29, 0.717) is 0 Å². The van der Waals surface area contributed by atoms with Gasteiger partial charge in [-0.05, 0) is 27.7 Å². The average Bonchev–Trinajstić information content (AvgIpc) is 2.13. The smallest absolute Gasteiger partial charge is 0.335 e. The van der Waals surface area contributed by atoms with E-state index in [0.717, 1.165) is 0 Å². The Morgan fingerprint density at radius 2 is 1.78 bits per heavy atom. The maximum absolute atomic E-state index is 11.4. The molecular formula is C12H22O6. The van der Waals surface area contributed by atoms with Gasteiger partial charge in [-0.1, -0.05) is 0 Å². The highest BCUT2D eigenvalue weighted by atomic mass is 16.6. The van der Waals surface area contributed by atoms with E-state index in [1.807, 2.05) is 0 Å². The molecule has 2 unspecified atom stereocenters. The Morgan fingerprint density at radius 1 is 1.22 bits per heavy atom. The van der Waals surface area contributed by atoms with Crippen molar-refractivity contribution in [2.24, 2.45) is 0 Å². The van der Waals surface area contributed by atoms with Crippen LogP contribution < -0.4 is 0 Å². The van der Waals surface area contributed by atoms with Crippen molar-refractivity contribution in [1.29, 1.82) is 0 Å². The molecule has 0 heterocycles. The SMILES string of the molecule is CCOC(=O)C(O)CC(O)CC(=O)OC(C)(C)C. The van der Waals surface area contributed by atoms with Crippen LogP contribution in [-0.2, 0) is 19.1 Å². The van der Waals surface area contributed by atoms with Crippen molar-refractivity contribution >= 4 is 11.9 Å². The van der Waals surface area contributed by atoms with Gasteiger partial charge in [-0.25, -0.2) is 4.79 Å². The molecular weight excluding hydrogens is 240 g/mol. The Balaban J connectivity index is 4.07. The molecule has 6 heteroatoms. The molecule has 0 aromatic carbocycles. The first-order chi connectivity index (χ1) is 8.15. The Hall–Kier alpha value is -1.14. The minimum absolute atomic E-state index is 0.151. The number of esters is 2. The highest BCUT2D eigenvalue weighted by Gasteiger charge is 2.24. The topological polar surface area (TPSA) is 93.1 Å². The molecule has 2 atom stereocenters. The van der Waals surface area contributed by atoms with E-state index in [4.69, 9.17) is 4.74 Å². The molecule has 18 heavy (non-hydrogen) atoms. The van der Waals surface area contributed by atoms with Gasteiger partial charge < -0.3 is 19.7 Å².